The van der Waals surface area contributed by atoms with Crippen LogP contribution in [0.2, 0.25) is 0 Å². The van der Waals surface area contributed by atoms with Crippen LogP contribution in [-0.4, -0.2) is 35.0 Å². The number of hydrogen-bond acceptors (Lipinski definition) is 4. The zero-order valence-corrected chi connectivity index (χ0v) is 19.3. The molecule has 1 aromatic carbocycles. The lowest BCUT2D eigenvalue weighted by molar-refractivity contribution is -0.151. The number of carbonyl (C=O) groups excluding carboxylic acids is 1. The smallest absolute Gasteiger partial charge is 0.237 e. The van der Waals surface area contributed by atoms with Crippen molar-refractivity contribution < 1.29 is 9.53 Å². The highest BCUT2D eigenvalue weighted by molar-refractivity contribution is 5.79. The number of rotatable bonds is 8. The third-order valence-corrected chi connectivity index (χ3v) is 8.05. The average Bonchev–Trinajstić information content (AvgIpc) is 2.80. The summed E-state index contributed by atoms with van der Waals surface area (Å²) >= 11 is 0. The molecule has 1 atom stereocenters. The SMILES string of the molecule is COc1cccc(CN(C(=O)CNC(C)c2ccccn2)C23CC4CC(CC(C4)C2)C3)c1. The number of pyridine rings is 1. The molecule has 5 heteroatoms. The summed E-state index contributed by atoms with van der Waals surface area (Å²) in [6, 6.07) is 14.1. The largest absolute Gasteiger partial charge is 0.497 e. The molecule has 0 spiro atoms. The van der Waals surface area contributed by atoms with E-state index < -0.39 is 0 Å². The molecule has 4 fully saturated rings. The standard InChI is InChI=1S/C27H35N3O2/c1-19(25-8-3-4-9-28-25)29-17-26(31)30(18-20-6-5-7-24(13-20)32-2)27-14-21-10-22(15-27)12-23(11-21)16-27/h3-9,13,19,21-23,29H,10-12,14-18H2,1-2H3. The van der Waals surface area contributed by atoms with Gasteiger partial charge in [0.2, 0.25) is 5.91 Å². The third-order valence-electron chi connectivity index (χ3n) is 8.05. The maximum atomic E-state index is 13.8. The topological polar surface area (TPSA) is 54.5 Å². The summed E-state index contributed by atoms with van der Waals surface area (Å²) in [7, 11) is 1.70. The second-order valence-electron chi connectivity index (χ2n) is 10.3. The number of methoxy groups -OCH3 is 1. The van der Waals surface area contributed by atoms with Gasteiger partial charge in [-0.15, -0.1) is 0 Å². The number of amides is 1. The van der Waals surface area contributed by atoms with Gasteiger partial charge in [0.05, 0.1) is 19.3 Å². The van der Waals surface area contributed by atoms with Crippen LogP contribution in [0.1, 0.15) is 62.7 Å². The molecule has 1 N–H and O–H groups in total. The highest BCUT2D eigenvalue weighted by atomic mass is 16.5. The average molecular weight is 434 g/mol. The van der Waals surface area contributed by atoms with Crippen molar-refractivity contribution in [1.29, 1.82) is 0 Å². The molecular weight excluding hydrogens is 398 g/mol. The lowest BCUT2D eigenvalue weighted by Crippen LogP contribution is -2.62. The van der Waals surface area contributed by atoms with Gasteiger partial charge in [-0.05, 0) is 93.0 Å². The molecule has 1 aromatic heterocycles. The first-order chi connectivity index (χ1) is 15.5. The molecule has 4 bridgehead atoms. The van der Waals surface area contributed by atoms with Crippen LogP contribution in [0, 0.1) is 17.8 Å². The van der Waals surface area contributed by atoms with Crippen LogP contribution in [0.5, 0.6) is 5.75 Å². The van der Waals surface area contributed by atoms with Crippen molar-refractivity contribution in [3.8, 4) is 5.75 Å². The van der Waals surface area contributed by atoms with E-state index >= 15 is 0 Å². The molecule has 6 rings (SSSR count). The van der Waals surface area contributed by atoms with Gasteiger partial charge in [-0.2, -0.15) is 0 Å². The van der Waals surface area contributed by atoms with Crippen LogP contribution in [0.25, 0.3) is 0 Å². The molecule has 4 saturated carbocycles. The molecule has 1 unspecified atom stereocenters. The molecule has 0 aliphatic heterocycles. The monoisotopic (exact) mass is 433 g/mol. The quantitative estimate of drug-likeness (QED) is 0.653. The number of aromatic nitrogens is 1. The summed E-state index contributed by atoms with van der Waals surface area (Å²) in [5.41, 5.74) is 2.13. The minimum absolute atomic E-state index is 0.0187. The van der Waals surface area contributed by atoms with Gasteiger partial charge in [0.25, 0.3) is 0 Å². The predicted molar refractivity (Wildman–Crippen MR) is 125 cm³/mol. The summed E-state index contributed by atoms with van der Waals surface area (Å²) in [6.07, 6.45) is 9.43. The van der Waals surface area contributed by atoms with Crippen LogP contribution >= 0.6 is 0 Å². The van der Waals surface area contributed by atoms with Crippen LogP contribution < -0.4 is 10.1 Å². The molecule has 2 aromatic rings. The van der Waals surface area contributed by atoms with E-state index in [1.165, 1.54) is 38.5 Å². The van der Waals surface area contributed by atoms with Crippen molar-refractivity contribution in [2.24, 2.45) is 17.8 Å². The number of nitrogens with zero attached hydrogens (tertiary/aromatic N) is 2. The van der Waals surface area contributed by atoms with Gasteiger partial charge < -0.3 is 15.0 Å². The van der Waals surface area contributed by atoms with Gasteiger partial charge in [-0.3, -0.25) is 9.78 Å². The van der Waals surface area contributed by atoms with Gasteiger partial charge in [-0.1, -0.05) is 18.2 Å². The van der Waals surface area contributed by atoms with Gasteiger partial charge >= 0.3 is 0 Å². The van der Waals surface area contributed by atoms with E-state index in [0.29, 0.717) is 13.1 Å². The molecule has 170 valence electrons. The van der Waals surface area contributed by atoms with Crippen molar-refractivity contribution in [2.75, 3.05) is 13.7 Å². The summed E-state index contributed by atoms with van der Waals surface area (Å²) < 4.78 is 5.45. The fraction of sp³-hybridized carbons (Fsp3) is 0.556. The first-order valence-electron chi connectivity index (χ1n) is 12.1. The fourth-order valence-electron chi connectivity index (χ4n) is 6.94. The van der Waals surface area contributed by atoms with Crippen molar-refractivity contribution >= 4 is 5.91 Å². The predicted octanol–water partition coefficient (Wildman–Crippen LogP) is 4.74. The van der Waals surface area contributed by atoms with E-state index in [9.17, 15) is 4.79 Å². The normalized spacial score (nSPS) is 29.0. The lowest BCUT2D eigenvalue weighted by Gasteiger charge is -2.60. The van der Waals surface area contributed by atoms with E-state index in [0.717, 1.165) is 34.8 Å². The Hall–Kier alpha value is -2.40. The number of hydrogen-bond donors (Lipinski definition) is 1. The Morgan fingerprint density at radius 1 is 1.12 bits per heavy atom. The third kappa shape index (κ3) is 4.27. The second-order valence-corrected chi connectivity index (χ2v) is 10.3. The maximum Gasteiger partial charge on any atom is 0.237 e. The summed E-state index contributed by atoms with van der Waals surface area (Å²) in [5.74, 6) is 3.44. The van der Waals surface area contributed by atoms with Gasteiger partial charge in [-0.25, -0.2) is 0 Å². The minimum Gasteiger partial charge on any atom is -0.497 e. The zero-order chi connectivity index (χ0) is 22.1. The zero-order valence-electron chi connectivity index (χ0n) is 19.3. The number of ether oxygens (including phenoxy) is 1. The van der Waals surface area contributed by atoms with Gasteiger partial charge in [0.1, 0.15) is 5.75 Å². The van der Waals surface area contributed by atoms with Crippen molar-refractivity contribution in [3.05, 3.63) is 59.9 Å². The van der Waals surface area contributed by atoms with Crippen molar-refractivity contribution in [1.82, 2.24) is 15.2 Å². The highest BCUT2D eigenvalue weighted by Crippen LogP contribution is 2.58. The first-order valence-corrected chi connectivity index (χ1v) is 12.1. The van der Waals surface area contributed by atoms with Gasteiger partial charge in [0, 0.05) is 24.3 Å². The minimum atomic E-state index is 0.0187. The maximum absolute atomic E-state index is 13.8. The number of nitrogens with one attached hydrogen (secondary N) is 1. The Morgan fingerprint density at radius 3 is 2.47 bits per heavy atom. The lowest BCUT2D eigenvalue weighted by atomic mass is 9.52. The van der Waals surface area contributed by atoms with E-state index in [2.05, 4.69) is 34.3 Å². The Labute approximate surface area is 191 Å². The second kappa shape index (κ2) is 8.86. The Kier molecular flexibility index (Phi) is 5.93. The molecule has 32 heavy (non-hydrogen) atoms. The summed E-state index contributed by atoms with van der Waals surface area (Å²) in [6.45, 7) is 3.07. The number of carbonyl (C=O) groups is 1. The molecular formula is C27H35N3O2. The Morgan fingerprint density at radius 2 is 1.84 bits per heavy atom. The van der Waals surface area contributed by atoms with Crippen LogP contribution in [-0.2, 0) is 11.3 Å². The summed E-state index contributed by atoms with van der Waals surface area (Å²) in [4.78, 5) is 20.4. The molecule has 1 amide bonds. The summed E-state index contributed by atoms with van der Waals surface area (Å²) in [5, 5.41) is 3.44. The van der Waals surface area contributed by atoms with Crippen molar-refractivity contribution in [2.45, 2.75) is 63.6 Å². The van der Waals surface area contributed by atoms with Crippen LogP contribution in [0.3, 0.4) is 0 Å². The molecule has 4 aliphatic rings. The van der Waals surface area contributed by atoms with E-state index in [1.807, 2.05) is 30.3 Å². The van der Waals surface area contributed by atoms with Crippen molar-refractivity contribution in [3.63, 3.8) is 0 Å². The molecule has 1 heterocycles. The van der Waals surface area contributed by atoms with E-state index in [-0.39, 0.29) is 17.5 Å². The fourth-order valence-corrected chi connectivity index (χ4v) is 6.94. The highest BCUT2D eigenvalue weighted by Gasteiger charge is 2.54. The first kappa shape index (κ1) is 21.4. The molecule has 4 aliphatic carbocycles. The Bertz CT molecular complexity index is 910. The van der Waals surface area contributed by atoms with Crippen LogP contribution in [0.4, 0.5) is 0 Å². The van der Waals surface area contributed by atoms with E-state index in [4.69, 9.17) is 4.74 Å². The van der Waals surface area contributed by atoms with E-state index in [1.54, 1.807) is 13.3 Å². The molecule has 0 radical (unpaired) electrons. The van der Waals surface area contributed by atoms with Crippen LogP contribution in [0.15, 0.2) is 48.7 Å². The molecule has 0 saturated heterocycles. The Balaban J connectivity index is 1.37. The number of benzene rings is 1. The van der Waals surface area contributed by atoms with Gasteiger partial charge in [0.15, 0.2) is 0 Å². The molecule has 5 nitrogen and oxygen atoms in total.